The van der Waals surface area contributed by atoms with Crippen molar-refractivity contribution in [1.29, 1.82) is 0 Å². The molecule has 0 aromatic carbocycles. The van der Waals surface area contributed by atoms with Crippen LogP contribution in [0, 0.1) is 0 Å². The molecule has 0 saturated carbocycles. The van der Waals surface area contributed by atoms with Crippen LogP contribution in [-0.2, 0) is 10.1 Å². The average Bonchev–Trinajstić information content (AvgIpc) is 2.18. The Bertz CT molecular complexity index is 254. The minimum atomic E-state index is -4.00. The van der Waals surface area contributed by atoms with Crippen molar-refractivity contribution in [3.05, 3.63) is 0 Å². The van der Waals surface area contributed by atoms with Gasteiger partial charge in [0.1, 0.15) is 0 Å². The van der Waals surface area contributed by atoms with Gasteiger partial charge in [0.25, 0.3) is 0 Å². The monoisotopic (exact) mass is 350 g/mol. The summed E-state index contributed by atoms with van der Waals surface area (Å²) < 4.78 is 33.3. The van der Waals surface area contributed by atoms with E-state index in [0.717, 1.165) is 26.8 Å². The molecule has 0 amide bonds. The van der Waals surface area contributed by atoms with Gasteiger partial charge in [-0.1, -0.05) is 0 Å². The first kappa shape index (κ1) is 15.6. The van der Waals surface area contributed by atoms with Gasteiger partial charge in [0.15, 0.2) is 0 Å². The van der Waals surface area contributed by atoms with Gasteiger partial charge >= 0.3 is 104 Å². The van der Waals surface area contributed by atoms with Gasteiger partial charge in [0.2, 0.25) is 0 Å². The summed E-state index contributed by atoms with van der Waals surface area (Å²) >= 11 is -0.0486. The number of hydrogen-bond donors (Lipinski definition) is 0. The van der Waals surface area contributed by atoms with Gasteiger partial charge in [-0.3, -0.25) is 0 Å². The summed E-state index contributed by atoms with van der Waals surface area (Å²) in [6.45, 7) is 9.88. The van der Waals surface area contributed by atoms with Gasteiger partial charge in [0.05, 0.1) is 0 Å². The summed E-state index contributed by atoms with van der Waals surface area (Å²) in [6.07, 6.45) is 0.541. The summed E-state index contributed by atoms with van der Waals surface area (Å²) in [5.41, 5.74) is 0. The topological polar surface area (TPSA) is 57.2 Å². The SMILES string of the molecule is CC[N+](CC)(CC)[I-]CCCS(=O)(=O)[O-]. The molecule has 0 atom stereocenters. The van der Waals surface area contributed by atoms with Crippen molar-refractivity contribution in [3.63, 3.8) is 0 Å². The molecule has 94 valence electrons. The summed E-state index contributed by atoms with van der Waals surface area (Å²) in [6, 6.07) is 0. The minimum absolute atomic E-state index is 0.0486. The summed E-state index contributed by atoms with van der Waals surface area (Å²) in [5, 5.41) is 0. The molecule has 6 heteroatoms. The Morgan fingerprint density at radius 2 is 1.60 bits per heavy atom. The Labute approximate surface area is 104 Å². The van der Waals surface area contributed by atoms with Crippen LogP contribution in [0.15, 0.2) is 0 Å². The predicted octanol–water partition coefficient (Wildman–Crippen LogP) is -2.20. The number of quaternary nitrogens is 1. The van der Waals surface area contributed by atoms with E-state index in [1.165, 1.54) is 0 Å². The van der Waals surface area contributed by atoms with E-state index in [0.29, 0.717) is 6.42 Å². The molecule has 0 bridgehead atoms. The van der Waals surface area contributed by atoms with Crippen LogP contribution in [0.5, 0.6) is 0 Å². The third kappa shape index (κ3) is 6.70. The van der Waals surface area contributed by atoms with Crippen molar-refractivity contribution in [1.82, 2.24) is 0 Å². The first-order valence-corrected chi connectivity index (χ1v) is 9.36. The van der Waals surface area contributed by atoms with E-state index in [-0.39, 0.29) is 27.2 Å². The van der Waals surface area contributed by atoms with Crippen LogP contribution in [0.25, 0.3) is 0 Å². The fourth-order valence-electron chi connectivity index (χ4n) is 1.39. The van der Waals surface area contributed by atoms with E-state index in [1.54, 1.807) is 0 Å². The fourth-order valence-corrected chi connectivity index (χ4v) is 5.60. The Kier molecular flexibility index (Phi) is 7.31. The maximum absolute atomic E-state index is 10.4. The van der Waals surface area contributed by atoms with Crippen LogP contribution in [-0.4, -0.2) is 45.5 Å². The van der Waals surface area contributed by atoms with Crippen LogP contribution in [0.4, 0.5) is 0 Å². The molecule has 0 aromatic rings. The average molecular weight is 350 g/mol. The van der Waals surface area contributed by atoms with Crippen molar-refractivity contribution >= 4 is 10.1 Å². The fraction of sp³-hybridized carbons (Fsp3) is 1.00. The molecule has 0 fully saturated rings. The summed E-state index contributed by atoms with van der Waals surface area (Å²) in [4.78, 5) is 0. The van der Waals surface area contributed by atoms with Crippen molar-refractivity contribution in [2.45, 2.75) is 27.2 Å². The van der Waals surface area contributed by atoms with E-state index < -0.39 is 10.1 Å². The molecule has 0 aliphatic carbocycles. The van der Waals surface area contributed by atoms with E-state index in [2.05, 4.69) is 20.8 Å². The number of hydrogen-bond acceptors (Lipinski definition) is 3. The molecule has 0 rings (SSSR count). The molecule has 4 nitrogen and oxygen atoms in total. The van der Waals surface area contributed by atoms with Crippen molar-refractivity contribution in [2.75, 3.05) is 29.8 Å². The molecule has 0 saturated heterocycles. The third-order valence-electron chi connectivity index (χ3n) is 2.57. The quantitative estimate of drug-likeness (QED) is 0.164. The molecule has 0 radical (unpaired) electrons. The standard InChI is InChI=1S/C9H22INO3S/c1-4-11(5-2,6-3)10-8-7-9-15(12,13)14/h4-9H2,1-3H3,(H,12,13,14)/p-1. The first-order chi connectivity index (χ1) is 6.89. The zero-order valence-electron chi connectivity index (χ0n) is 9.70. The van der Waals surface area contributed by atoms with E-state index in [4.69, 9.17) is 0 Å². The van der Waals surface area contributed by atoms with Crippen molar-refractivity contribution in [2.24, 2.45) is 0 Å². The van der Waals surface area contributed by atoms with E-state index in [1.807, 2.05) is 0 Å². The Hall–Kier alpha value is 0.600. The number of nitrogens with zero attached hydrogens (tertiary/aromatic N) is 1. The zero-order valence-corrected chi connectivity index (χ0v) is 12.7. The summed E-state index contributed by atoms with van der Waals surface area (Å²) in [7, 11) is -4.00. The number of halogens is 1. The summed E-state index contributed by atoms with van der Waals surface area (Å²) in [5.74, 6) is -0.191. The Balaban J connectivity index is 3.92. The second-order valence-electron chi connectivity index (χ2n) is 3.40. The second-order valence-corrected chi connectivity index (χ2v) is 8.73. The normalized spacial score (nSPS) is 13.3. The van der Waals surface area contributed by atoms with Crippen LogP contribution >= 0.6 is 0 Å². The molecule has 0 unspecified atom stereocenters. The predicted molar refractivity (Wildman–Crippen MR) is 55.9 cm³/mol. The number of alkyl halides is 1. The first-order valence-electron chi connectivity index (χ1n) is 5.29. The van der Waals surface area contributed by atoms with Crippen LogP contribution in [0.2, 0.25) is 0 Å². The molecular weight excluding hydrogens is 329 g/mol. The van der Waals surface area contributed by atoms with Crippen LogP contribution in [0.3, 0.4) is 0 Å². The molecule has 0 spiro atoms. The van der Waals surface area contributed by atoms with Gasteiger partial charge < -0.3 is 0 Å². The van der Waals surface area contributed by atoms with Gasteiger partial charge in [-0.2, -0.15) is 0 Å². The van der Waals surface area contributed by atoms with Gasteiger partial charge in [-0.25, -0.2) is 0 Å². The molecule has 0 heterocycles. The van der Waals surface area contributed by atoms with Crippen LogP contribution < -0.4 is 21.5 Å². The zero-order chi connectivity index (χ0) is 11.9. The van der Waals surface area contributed by atoms with E-state index in [9.17, 15) is 13.0 Å². The van der Waals surface area contributed by atoms with Gasteiger partial charge in [-0.15, -0.1) is 0 Å². The van der Waals surface area contributed by atoms with E-state index >= 15 is 0 Å². The molecule has 15 heavy (non-hydrogen) atoms. The molecule has 0 N–H and O–H groups in total. The second kappa shape index (κ2) is 7.03. The van der Waals surface area contributed by atoms with Crippen molar-refractivity contribution < 1.29 is 37.1 Å². The maximum atomic E-state index is 10.4. The Morgan fingerprint density at radius 1 is 1.13 bits per heavy atom. The van der Waals surface area contributed by atoms with Crippen molar-refractivity contribution in [3.8, 4) is 0 Å². The Morgan fingerprint density at radius 3 is 1.93 bits per heavy atom. The molecular formula is C9H21INO3S-. The van der Waals surface area contributed by atoms with Crippen LogP contribution in [0.1, 0.15) is 27.2 Å². The molecule has 0 aromatic heterocycles. The molecule has 0 aliphatic heterocycles. The molecule has 0 aliphatic rings. The number of rotatable bonds is 8. The van der Waals surface area contributed by atoms with Gasteiger partial charge in [-0.05, 0) is 0 Å². The third-order valence-corrected chi connectivity index (χ3v) is 8.09. The van der Waals surface area contributed by atoms with Gasteiger partial charge in [0, 0.05) is 0 Å².